The number of likely N-dealkylation sites (N-methyl/N-ethyl adjacent to an activating group) is 1. The number of benzene rings is 3. The van der Waals surface area contributed by atoms with Crippen molar-refractivity contribution in [2.45, 2.75) is 57.1 Å². The highest BCUT2D eigenvalue weighted by Crippen LogP contribution is 2.42. The van der Waals surface area contributed by atoms with Crippen molar-refractivity contribution in [3.8, 4) is 33.4 Å². The maximum Gasteiger partial charge on any atom is 0.161 e. The molecule has 1 aliphatic heterocycles. The molecule has 228 valence electrons. The van der Waals surface area contributed by atoms with E-state index in [2.05, 4.69) is 66.4 Å². The Morgan fingerprint density at radius 1 is 0.907 bits per heavy atom. The number of hydrogen-bond donors (Lipinski definition) is 1. The minimum atomic E-state index is 0.163. The second-order valence-corrected chi connectivity index (χ2v) is 13.2. The van der Waals surface area contributed by atoms with Crippen molar-refractivity contribution in [2.24, 2.45) is 0 Å². The molecule has 1 aromatic heterocycles. The normalized spacial score (nSPS) is 19.3. The lowest BCUT2D eigenvalue weighted by atomic mass is 9.91. The van der Waals surface area contributed by atoms with Gasteiger partial charge in [-0.15, -0.1) is 11.3 Å². The van der Waals surface area contributed by atoms with E-state index in [-0.39, 0.29) is 11.9 Å². The lowest BCUT2D eigenvalue weighted by molar-refractivity contribution is 0.0601. The number of aromatic hydroxyl groups is 1. The van der Waals surface area contributed by atoms with Crippen LogP contribution in [0, 0.1) is 0 Å². The van der Waals surface area contributed by atoms with Crippen LogP contribution < -0.4 is 14.2 Å². The predicted octanol–water partition coefficient (Wildman–Crippen LogP) is 7.60. The monoisotopic (exact) mass is 600 g/mol. The zero-order valence-corrected chi connectivity index (χ0v) is 26.5. The molecule has 6 nitrogen and oxygen atoms in total. The molecule has 3 aromatic carbocycles. The molecule has 4 aromatic rings. The Kier molecular flexibility index (Phi) is 9.41. The molecule has 6 rings (SSSR count). The van der Waals surface area contributed by atoms with Gasteiger partial charge in [-0.1, -0.05) is 12.5 Å². The van der Waals surface area contributed by atoms with E-state index in [0.29, 0.717) is 12.6 Å². The number of ether oxygens (including phenoxy) is 3. The van der Waals surface area contributed by atoms with Gasteiger partial charge < -0.3 is 24.2 Å². The van der Waals surface area contributed by atoms with E-state index in [1.165, 1.54) is 54.6 Å². The zero-order valence-electron chi connectivity index (χ0n) is 25.7. The Hall–Kier alpha value is -3.26. The Balaban J connectivity index is 1.23. The van der Waals surface area contributed by atoms with Crippen LogP contribution in [0.15, 0.2) is 60.7 Å². The fourth-order valence-electron chi connectivity index (χ4n) is 6.64. The van der Waals surface area contributed by atoms with Crippen molar-refractivity contribution in [3.05, 3.63) is 71.8 Å². The average molecular weight is 601 g/mol. The molecule has 1 aliphatic carbocycles. The van der Waals surface area contributed by atoms with E-state index in [9.17, 15) is 5.11 Å². The lowest BCUT2D eigenvalue weighted by Crippen LogP contribution is -2.44. The van der Waals surface area contributed by atoms with E-state index in [4.69, 9.17) is 14.2 Å². The van der Waals surface area contributed by atoms with Crippen LogP contribution in [-0.4, -0.2) is 74.5 Å². The maximum absolute atomic E-state index is 10.2. The first-order valence-corrected chi connectivity index (χ1v) is 16.5. The molecule has 2 aliphatic rings. The summed E-state index contributed by atoms with van der Waals surface area (Å²) in [6, 6.07) is 20.9. The fourth-order valence-corrected chi connectivity index (χ4v) is 7.90. The molecule has 0 unspecified atom stereocenters. The Bertz CT molecular complexity index is 1510. The van der Waals surface area contributed by atoms with Crippen molar-refractivity contribution >= 4 is 21.4 Å². The summed E-state index contributed by atoms with van der Waals surface area (Å²) in [5.74, 6) is 2.77. The van der Waals surface area contributed by atoms with Gasteiger partial charge >= 0.3 is 0 Å². The number of methoxy groups -OCH3 is 1. The standard InChI is InChI=1S/C36H44N2O4S/c1-37(2)31-8-4-5-9-32(31)42-33-17-10-25(23-34(33)40-3)22-30-29-16-13-27(39)24-35(29)43-36(30)26-11-14-28(15-12-26)41-21-20-38-18-6-7-19-38/h10-17,23-24,31-32,39H,4-9,18-22H2,1-3H3/t31-,32-/m0/s1. The smallest absolute Gasteiger partial charge is 0.161 e. The Morgan fingerprint density at radius 3 is 2.47 bits per heavy atom. The molecular formula is C36H44N2O4S. The van der Waals surface area contributed by atoms with Crippen LogP contribution >= 0.6 is 11.3 Å². The molecule has 2 heterocycles. The van der Waals surface area contributed by atoms with Crippen molar-refractivity contribution in [2.75, 3.05) is 47.4 Å². The summed E-state index contributed by atoms with van der Waals surface area (Å²) in [6.07, 6.45) is 8.18. The second kappa shape index (κ2) is 13.6. The van der Waals surface area contributed by atoms with E-state index < -0.39 is 0 Å². The van der Waals surface area contributed by atoms with E-state index in [1.54, 1.807) is 24.5 Å². The number of likely N-dealkylation sites (tertiary alicyclic amines) is 1. The van der Waals surface area contributed by atoms with Gasteiger partial charge in [-0.2, -0.15) is 0 Å². The highest BCUT2D eigenvalue weighted by Gasteiger charge is 2.29. The SMILES string of the molecule is COc1cc(Cc2c(-c3ccc(OCCN4CCCC4)cc3)sc3cc(O)ccc23)ccc1O[C@H]1CCCC[C@@H]1N(C)C. The Morgan fingerprint density at radius 2 is 1.70 bits per heavy atom. The third-order valence-electron chi connectivity index (χ3n) is 8.99. The number of phenolic OH excluding ortho intramolecular Hbond substituents is 1. The van der Waals surface area contributed by atoms with Crippen LogP contribution in [0.1, 0.15) is 49.7 Å². The van der Waals surface area contributed by atoms with Crippen LogP contribution in [0.25, 0.3) is 20.5 Å². The summed E-state index contributed by atoms with van der Waals surface area (Å²) in [7, 11) is 6.01. The molecule has 43 heavy (non-hydrogen) atoms. The fraction of sp³-hybridized carbons (Fsp3) is 0.444. The van der Waals surface area contributed by atoms with Crippen molar-refractivity contribution < 1.29 is 19.3 Å². The third kappa shape index (κ3) is 6.95. The summed E-state index contributed by atoms with van der Waals surface area (Å²) in [4.78, 5) is 5.97. The van der Waals surface area contributed by atoms with Gasteiger partial charge in [0.1, 0.15) is 24.2 Å². The first kappa shape index (κ1) is 29.8. The van der Waals surface area contributed by atoms with Crippen molar-refractivity contribution in [1.29, 1.82) is 0 Å². The molecule has 7 heteroatoms. The number of phenols is 1. The third-order valence-corrected chi connectivity index (χ3v) is 10.2. The number of nitrogens with zero attached hydrogens (tertiary/aromatic N) is 2. The van der Waals surface area contributed by atoms with E-state index >= 15 is 0 Å². The minimum absolute atomic E-state index is 0.163. The van der Waals surface area contributed by atoms with Crippen LogP contribution in [0.4, 0.5) is 0 Å². The van der Waals surface area contributed by atoms with E-state index in [1.807, 2.05) is 12.1 Å². The summed E-state index contributed by atoms with van der Waals surface area (Å²) in [5.41, 5.74) is 3.56. The number of rotatable bonds is 11. The molecule has 0 amide bonds. The van der Waals surface area contributed by atoms with E-state index in [0.717, 1.165) is 58.9 Å². The van der Waals surface area contributed by atoms with Crippen molar-refractivity contribution in [1.82, 2.24) is 9.80 Å². The molecule has 0 bridgehead atoms. The second-order valence-electron chi connectivity index (χ2n) is 12.1. The van der Waals surface area contributed by atoms with Crippen molar-refractivity contribution in [3.63, 3.8) is 0 Å². The molecule has 1 N–H and O–H groups in total. The topological polar surface area (TPSA) is 54.4 Å². The quantitative estimate of drug-likeness (QED) is 0.191. The minimum Gasteiger partial charge on any atom is -0.508 e. The van der Waals surface area contributed by atoms with Gasteiger partial charge in [0.2, 0.25) is 0 Å². The first-order valence-electron chi connectivity index (χ1n) is 15.7. The van der Waals surface area contributed by atoms with Crippen LogP contribution in [0.2, 0.25) is 0 Å². The summed E-state index contributed by atoms with van der Waals surface area (Å²) in [6.45, 7) is 4.07. The Labute approximate surface area is 259 Å². The number of thiophene rings is 1. The van der Waals surface area contributed by atoms with Gasteiger partial charge in [-0.25, -0.2) is 0 Å². The van der Waals surface area contributed by atoms with Gasteiger partial charge in [0.25, 0.3) is 0 Å². The van der Waals surface area contributed by atoms with Crippen LogP contribution in [-0.2, 0) is 6.42 Å². The molecule has 2 fully saturated rings. The van der Waals surface area contributed by atoms with Gasteiger partial charge in [-0.05, 0) is 142 Å². The maximum atomic E-state index is 10.2. The molecule has 1 saturated carbocycles. The van der Waals surface area contributed by atoms with Gasteiger partial charge in [0.05, 0.1) is 7.11 Å². The molecule has 1 saturated heterocycles. The molecular weight excluding hydrogens is 556 g/mol. The van der Waals surface area contributed by atoms with Crippen LogP contribution in [0.5, 0.6) is 23.0 Å². The average Bonchev–Trinajstić information content (AvgIpc) is 3.66. The van der Waals surface area contributed by atoms with Gasteiger partial charge in [-0.3, -0.25) is 4.90 Å². The van der Waals surface area contributed by atoms with Gasteiger partial charge in [0, 0.05) is 22.2 Å². The summed E-state index contributed by atoms with van der Waals surface area (Å²) in [5, 5.41) is 11.4. The highest BCUT2D eigenvalue weighted by molar-refractivity contribution is 7.22. The summed E-state index contributed by atoms with van der Waals surface area (Å²) < 4.78 is 19.6. The lowest BCUT2D eigenvalue weighted by Gasteiger charge is -2.36. The molecule has 0 spiro atoms. The first-order chi connectivity index (χ1) is 21.0. The predicted molar refractivity (Wildman–Crippen MR) is 176 cm³/mol. The zero-order chi connectivity index (χ0) is 29.8. The summed E-state index contributed by atoms with van der Waals surface area (Å²) >= 11 is 1.72. The van der Waals surface area contributed by atoms with Crippen LogP contribution in [0.3, 0.4) is 0 Å². The molecule has 2 atom stereocenters. The number of hydrogen-bond acceptors (Lipinski definition) is 7. The largest absolute Gasteiger partial charge is 0.508 e. The van der Waals surface area contributed by atoms with Gasteiger partial charge in [0.15, 0.2) is 11.5 Å². The molecule has 0 radical (unpaired) electrons. The number of fused-ring (bicyclic) bond motifs is 1. The highest BCUT2D eigenvalue weighted by atomic mass is 32.1.